The quantitative estimate of drug-likeness (QED) is 0.872. The van der Waals surface area contributed by atoms with E-state index >= 15 is 0 Å². The van der Waals surface area contributed by atoms with Gasteiger partial charge < -0.3 is 11.1 Å². The van der Waals surface area contributed by atoms with E-state index < -0.39 is 0 Å². The molecule has 19 heavy (non-hydrogen) atoms. The first-order valence-electron chi connectivity index (χ1n) is 6.70. The molecule has 100 valence electrons. The smallest absolute Gasteiger partial charge is 0.0636 e. The Morgan fingerprint density at radius 2 is 1.63 bits per heavy atom. The van der Waals surface area contributed by atoms with Crippen molar-refractivity contribution in [3.8, 4) is 0 Å². The van der Waals surface area contributed by atoms with Crippen LogP contribution in [0.5, 0.6) is 0 Å². The number of hydrogen-bond acceptors (Lipinski definition) is 2. The summed E-state index contributed by atoms with van der Waals surface area (Å²) in [6.45, 7) is 6.92. The van der Waals surface area contributed by atoms with Gasteiger partial charge in [-0.25, -0.2) is 0 Å². The predicted molar refractivity (Wildman–Crippen MR) is 82.5 cm³/mol. The molecule has 0 saturated heterocycles. The van der Waals surface area contributed by atoms with Crippen LogP contribution in [0.2, 0.25) is 0 Å². The average Bonchev–Trinajstić information content (AvgIpc) is 2.34. The predicted octanol–water partition coefficient (Wildman–Crippen LogP) is 3.72. The lowest BCUT2D eigenvalue weighted by molar-refractivity contribution is 0.788. The van der Waals surface area contributed by atoms with E-state index in [9.17, 15) is 0 Å². The van der Waals surface area contributed by atoms with Crippen LogP contribution in [-0.4, -0.2) is 6.54 Å². The molecule has 2 aromatic carbocycles. The van der Waals surface area contributed by atoms with E-state index in [-0.39, 0.29) is 6.04 Å². The fourth-order valence-electron chi connectivity index (χ4n) is 2.43. The summed E-state index contributed by atoms with van der Waals surface area (Å²) in [5.74, 6) is 0. The Morgan fingerprint density at radius 1 is 0.947 bits per heavy atom. The van der Waals surface area contributed by atoms with E-state index in [0.29, 0.717) is 6.54 Å². The third-order valence-corrected chi connectivity index (χ3v) is 3.24. The van der Waals surface area contributed by atoms with Crippen molar-refractivity contribution in [2.45, 2.75) is 26.8 Å². The Hall–Kier alpha value is -1.80. The SMILES string of the molecule is Cc1cccc(NC(CN)c2cc(C)cc(C)c2)c1. The third-order valence-electron chi connectivity index (χ3n) is 3.24. The van der Waals surface area contributed by atoms with Crippen molar-refractivity contribution in [2.75, 3.05) is 11.9 Å². The van der Waals surface area contributed by atoms with Crippen LogP contribution in [0, 0.1) is 20.8 Å². The minimum Gasteiger partial charge on any atom is -0.377 e. The zero-order chi connectivity index (χ0) is 13.8. The van der Waals surface area contributed by atoms with E-state index in [0.717, 1.165) is 5.69 Å². The first-order valence-corrected chi connectivity index (χ1v) is 6.70. The van der Waals surface area contributed by atoms with Crippen molar-refractivity contribution in [2.24, 2.45) is 5.73 Å². The second-order valence-electron chi connectivity index (χ2n) is 5.22. The molecule has 0 bridgehead atoms. The van der Waals surface area contributed by atoms with E-state index in [1.807, 2.05) is 0 Å². The molecule has 0 aliphatic heterocycles. The number of hydrogen-bond donors (Lipinski definition) is 2. The molecule has 2 aromatic rings. The highest BCUT2D eigenvalue weighted by molar-refractivity contribution is 5.48. The summed E-state index contributed by atoms with van der Waals surface area (Å²) in [4.78, 5) is 0. The van der Waals surface area contributed by atoms with Gasteiger partial charge in [0, 0.05) is 12.2 Å². The normalized spacial score (nSPS) is 12.2. The van der Waals surface area contributed by atoms with Crippen molar-refractivity contribution in [1.29, 1.82) is 0 Å². The highest BCUT2D eigenvalue weighted by Crippen LogP contribution is 2.21. The van der Waals surface area contributed by atoms with Crippen LogP contribution in [0.4, 0.5) is 5.69 Å². The van der Waals surface area contributed by atoms with Gasteiger partial charge in [-0.05, 0) is 44.0 Å². The second-order valence-corrected chi connectivity index (χ2v) is 5.22. The second kappa shape index (κ2) is 5.89. The van der Waals surface area contributed by atoms with Crippen molar-refractivity contribution in [1.82, 2.24) is 0 Å². The number of nitrogens with one attached hydrogen (secondary N) is 1. The van der Waals surface area contributed by atoms with Gasteiger partial charge in [-0.15, -0.1) is 0 Å². The number of anilines is 1. The molecule has 2 rings (SSSR count). The Balaban J connectivity index is 2.24. The topological polar surface area (TPSA) is 38.0 Å². The molecule has 1 atom stereocenters. The van der Waals surface area contributed by atoms with E-state index in [1.165, 1.54) is 22.3 Å². The van der Waals surface area contributed by atoms with Crippen LogP contribution >= 0.6 is 0 Å². The molecule has 0 spiro atoms. The van der Waals surface area contributed by atoms with Gasteiger partial charge in [0.15, 0.2) is 0 Å². The maximum absolute atomic E-state index is 5.93. The van der Waals surface area contributed by atoms with Gasteiger partial charge in [-0.2, -0.15) is 0 Å². The van der Waals surface area contributed by atoms with Crippen LogP contribution in [-0.2, 0) is 0 Å². The van der Waals surface area contributed by atoms with Gasteiger partial charge in [-0.3, -0.25) is 0 Å². The molecule has 0 radical (unpaired) electrons. The fourth-order valence-corrected chi connectivity index (χ4v) is 2.43. The maximum atomic E-state index is 5.93. The lowest BCUT2D eigenvalue weighted by Crippen LogP contribution is -2.20. The summed E-state index contributed by atoms with van der Waals surface area (Å²) in [6, 6.07) is 15.1. The lowest BCUT2D eigenvalue weighted by atomic mass is 10.0. The molecule has 0 amide bonds. The van der Waals surface area contributed by atoms with E-state index in [2.05, 4.69) is 68.6 Å². The van der Waals surface area contributed by atoms with Crippen molar-refractivity contribution >= 4 is 5.69 Å². The Labute approximate surface area is 115 Å². The van der Waals surface area contributed by atoms with Crippen molar-refractivity contribution in [3.05, 3.63) is 64.7 Å². The number of rotatable bonds is 4. The summed E-state index contributed by atoms with van der Waals surface area (Å²) in [6.07, 6.45) is 0. The maximum Gasteiger partial charge on any atom is 0.0636 e. The third kappa shape index (κ3) is 3.58. The summed E-state index contributed by atoms with van der Waals surface area (Å²) < 4.78 is 0. The van der Waals surface area contributed by atoms with Gasteiger partial charge in [0.2, 0.25) is 0 Å². The first kappa shape index (κ1) is 13.6. The number of aryl methyl sites for hydroxylation is 3. The Bertz CT molecular complexity index is 541. The zero-order valence-corrected chi connectivity index (χ0v) is 11.9. The molecule has 0 aromatic heterocycles. The summed E-state index contributed by atoms with van der Waals surface area (Å²) in [5.41, 5.74) is 12.1. The van der Waals surface area contributed by atoms with Crippen LogP contribution in [0.1, 0.15) is 28.3 Å². The highest BCUT2D eigenvalue weighted by Gasteiger charge is 2.10. The molecule has 3 N–H and O–H groups in total. The molecule has 0 aliphatic carbocycles. The zero-order valence-electron chi connectivity index (χ0n) is 11.9. The summed E-state index contributed by atoms with van der Waals surface area (Å²) in [7, 11) is 0. The van der Waals surface area contributed by atoms with Gasteiger partial charge in [0.25, 0.3) is 0 Å². The summed E-state index contributed by atoms with van der Waals surface area (Å²) >= 11 is 0. The summed E-state index contributed by atoms with van der Waals surface area (Å²) in [5, 5.41) is 3.52. The lowest BCUT2D eigenvalue weighted by Gasteiger charge is -2.20. The van der Waals surface area contributed by atoms with Crippen LogP contribution < -0.4 is 11.1 Å². The molecule has 0 fully saturated rings. The molecule has 0 heterocycles. The van der Waals surface area contributed by atoms with Gasteiger partial charge >= 0.3 is 0 Å². The van der Waals surface area contributed by atoms with E-state index in [1.54, 1.807) is 0 Å². The monoisotopic (exact) mass is 254 g/mol. The molecule has 1 unspecified atom stereocenters. The largest absolute Gasteiger partial charge is 0.377 e. The van der Waals surface area contributed by atoms with Crippen molar-refractivity contribution in [3.63, 3.8) is 0 Å². The first-order chi connectivity index (χ1) is 9.08. The molecular formula is C17H22N2. The highest BCUT2D eigenvalue weighted by atomic mass is 14.9. The number of nitrogens with two attached hydrogens (primary N) is 1. The van der Waals surface area contributed by atoms with Crippen molar-refractivity contribution < 1.29 is 0 Å². The van der Waals surface area contributed by atoms with Gasteiger partial charge in [-0.1, -0.05) is 41.5 Å². The Morgan fingerprint density at radius 3 is 2.21 bits per heavy atom. The van der Waals surface area contributed by atoms with E-state index in [4.69, 9.17) is 5.73 Å². The standard InChI is InChI=1S/C17H22N2/c1-12-5-4-6-16(10-12)19-17(11-18)15-8-13(2)7-14(3)9-15/h4-10,17,19H,11,18H2,1-3H3. The minimum atomic E-state index is 0.153. The van der Waals surface area contributed by atoms with Crippen LogP contribution in [0.3, 0.4) is 0 Å². The molecule has 2 nitrogen and oxygen atoms in total. The number of benzene rings is 2. The molecular weight excluding hydrogens is 232 g/mol. The van der Waals surface area contributed by atoms with Gasteiger partial charge in [0.1, 0.15) is 0 Å². The minimum absolute atomic E-state index is 0.153. The average molecular weight is 254 g/mol. The molecule has 2 heteroatoms. The molecule has 0 saturated carbocycles. The fraction of sp³-hybridized carbons (Fsp3) is 0.294. The Kier molecular flexibility index (Phi) is 4.23. The van der Waals surface area contributed by atoms with Gasteiger partial charge in [0.05, 0.1) is 6.04 Å². The molecule has 0 aliphatic rings. The van der Waals surface area contributed by atoms with Crippen LogP contribution in [0.15, 0.2) is 42.5 Å². The van der Waals surface area contributed by atoms with Crippen LogP contribution in [0.25, 0.3) is 0 Å².